The van der Waals surface area contributed by atoms with Crippen molar-refractivity contribution in [2.75, 3.05) is 31.1 Å². The molecule has 154 valence electrons. The van der Waals surface area contributed by atoms with Gasteiger partial charge in [-0.15, -0.1) is 0 Å². The van der Waals surface area contributed by atoms with Crippen molar-refractivity contribution >= 4 is 34.1 Å². The van der Waals surface area contributed by atoms with Crippen molar-refractivity contribution in [2.24, 2.45) is 0 Å². The van der Waals surface area contributed by atoms with Crippen LogP contribution in [0.3, 0.4) is 0 Å². The molecule has 0 atom stereocenters. The number of aryl methyl sites for hydroxylation is 2. The molecule has 0 aliphatic carbocycles. The molecule has 1 aliphatic heterocycles. The third-order valence-corrected chi connectivity index (χ3v) is 6.09. The van der Waals surface area contributed by atoms with Gasteiger partial charge in [-0.2, -0.15) is 5.26 Å². The van der Waals surface area contributed by atoms with E-state index in [9.17, 15) is 5.26 Å². The zero-order valence-electron chi connectivity index (χ0n) is 17.3. The first-order valence-electron chi connectivity index (χ1n) is 10.2. The minimum Gasteiger partial charge on any atom is -0.467 e. The van der Waals surface area contributed by atoms with Crippen LogP contribution in [0, 0.1) is 25.2 Å². The molecule has 0 radical (unpaired) electrons. The standard InChI is InChI=1S/C23H25N5OS/c1-16-6-7-18-13-19(14-24)22(26-21(18)17(16)2)27-8-4-9-28(11-10-27)23(30)25-15-20-5-3-12-29-20/h3,5-7,12-13H,4,8-11,15H2,1-2H3,(H,25,30). The molecule has 4 rings (SSSR count). The first-order valence-corrected chi connectivity index (χ1v) is 10.6. The molecule has 1 aliphatic rings. The van der Waals surface area contributed by atoms with Gasteiger partial charge < -0.3 is 19.5 Å². The molecule has 0 unspecified atom stereocenters. The van der Waals surface area contributed by atoms with Gasteiger partial charge in [-0.3, -0.25) is 0 Å². The van der Waals surface area contributed by atoms with Gasteiger partial charge in [0.1, 0.15) is 17.6 Å². The van der Waals surface area contributed by atoms with Crippen LogP contribution < -0.4 is 10.2 Å². The van der Waals surface area contributed by atoms with E-state index in [1.54, 1.807) is 6.26 Å². The lowest BCUT2D eigenvalue weighted by atomic mass is 10.0. The van der Waals surface area contributed by atoms with Crippen molar-refractivity contribution in [3.63, 3.8) is 0 Å². The molecule has 3 heterocycles. The number of rotatable bonds is 3. The highest BCUT2D eigenvalue weighted by Gasteiger charge is 2.21. The largest absolute Gasteiger partial charge is 0.467 e. The second-order valence-electron chi connectivity index (χ2n) is 7.62. The predicted molar refractivity (Wildman–Crippen MR) is 122 cm³/mol. The fourth-order valence-electron chi connectivity index (χ4n) is 3.82. The number of furan rings is 1. The number of aromatic nitrogens is 1. The maximum atomic E-state index is 9.74. The molecule has 0 spiro atoms. The molecule has 1 fully saturated rings. The summed E-state index contributed by atoms with van der Waals surface area (Å²) in [5.41, 5.74) is 3.97. The van der Waals surface area contributed by atoms with E-state index in [1.165, 1.54) is 5.56 Å². The zero-order valence-corrected chi connectivity index (χ0v) is 18.1. The highest BCUT2D eigenvalue weighted by atomic mass is 32.1. The maximum Gasteiger partial charge on any atom is 0.169 e. The van der Waals surface area contributed by atoms with Crippen LogP contribution >= 0.6 is 12.2 Å². The molecule has 3 aromatic rings. The molecule has 1 saturated heterocycles. The summed E-state index contributed by atoms with van der Waals surface area (Å²) in [4.78, 5) is 9.33. The maximum absolute atomic E-state index is 9.74. The van der Waals surface area contributed by atoms with E-state index in [1.807, 2.05) is 24.3 Å². The van der Waals surface area contributed by atoms with Crippen LogP contribution in [0.2, 0.25) is 0 Å². The Bertz CT molecular complexity index is 1100. The molecule has 1 N–H and O–H groups in total. The van der Waals surface area contributed by atoms with E-state index < -0.39 is 0 Å². The van der Waals surface area contributed by atoms with Crippen LogP contribution in [0.1, 0.15) is 28.9 Å². The zero-order chi connectivity index (χ0) is 21.1. The minimum absolute atomic E-state index is 0.579. The molecule has 0 bridgehead atoms. The number of nitriles is 1. The Morgan fingerprint density at radius 1 is 1.23 bits per heavy atom. The Hall–Kier alpha value is -3.11. The van der Waals surface area contributed by atoms with Crippen LogP contribution in [0.4, 0.5) is 5.82 Å². The van der Waals surface area contributed by atoms with Gasteiger partial charge in [0, 0.05) is 31.6 Å². The SMILES string of the molecule is Cc1ccc2cc(C#N)c(N3CCCN(C(=S)NCc4ccco4)CC3)nc2c1C. The van der Waals surface area contributed by atoms with E-state index in [0.29, 0.717) is 12.1 Å². The molecule has 0 saturated carbocycles. The average Bonchev–Trinajstić information content (AvgIpc) is 3.16. The van der Waals surface area contributed by atoms with Gasteiger partial charge in [0.2, 0.25) is 0 Å². The first kappa shape index (κ1) is 20.2. The molecule has 6 nitrogen and oxygen atoms in total. The molecule has 1 aromatic carbocycles. The van der Waals surface area contributed by atoms with E-state index in [4.69, 9.17) is 21.6 Å². The van der Waals surface area contributed by atoms with Crippen molar-refractivity contribution in [2.45, 2.75) is 26.8 Å². The summed E-state index contributed by atoms with van der Waals surface area (Å²) in [6.07, 6.45) is 2.61. The second kappa shape index (κ2) is 8.72. The van der Waals surface area contributed by atoms with E-state index >= 15 is 0 Å². The smallest absolute Gasteiger partial charge is 0.169 e. The first-order chi connectivity index (χ1) is 14.6. The van der Waals surface area contributed by atoms with Crippen molar-refractivity contribution in [1.29, 1.82) is 5.26 Å². The molecule has 0 amide bonds. The molecular weight excluding hydrogens is 394 g/mol. The summed E-state index contributed by atoms with van der Waals surface area (Å²) in [6, 6.07) is 12.2. The predicted octanol–water partition coefficient (Wildman–Crippen LogP) is 3.90. The van der Waals surface area contributed by atoms with Crippen LogP contribution in [0.5, 0.6) is 0 Å². The van der Waals surface area contributed by atoms with Gasteiger partial charge >= 0.3 is 0 Å². The van der Waals surface area contributed by atoms with Crippen molar-refractivity contribution < 1.29 is 4.42 Å². The lowest BCUT2D eigenvalue weighted by molar-refractivity contribution is 0.432. The number of hydrogen-bond donors (Lipinski definition) is 1. The molecule has 2 aromatic heterocycles. The lowest BCUT2D eigenvalue weighted by Crippen LogP contribution is -2.41. The van der Waals surface area contributed by atoms with Crippen molar-refractivity contribution in [1.82, 2.24) is 15.2 Å². The third kappa shape index (κ3) is 4.10. The number of nitrogens with zero attached hydrogens (tertiary/aromatic N) is 4. The Kier molecular flexibility index (Phi) is 5.86. The minimum atomic E-state index is 0.579. The number of fused-ring (bicyclic) bond motifs is 1. The monoisotopic (exact) mass is 419 g/mol. The molecule has 7 heteroatoms. The number of pyridine rings is 1. The number of thiocarbonyl (C=S) groups is 1. The average molecular weight is 420 g/mol. The number of hydrogen-bond acceptors (Lipinski definition) is 5. The van der Waals surface area contributed by atoms with Crippen LogP contribution in [-0.4, -0.2) is 41.2 Å². The van der Waals surface area contributed by atoms with E-state index in [0.717, 1.165) is 65.8 Å². The quantitative estimate of drug-likeness (QED) is 0.646. The van der Waals surface area contributed by atoms with Crippen LogP contribution in [0.25, 0.3) is 10.9 Å². The highest BCUT2D eigenvalue weighted by molar-refractivity contribution is 7.80. The summed E-state index contributed by atoms with van der Waals surface area (Å²) < 4.78 is 5.36. The normalized spacial score (nSPS) is 14.4. The van der Waals surface area contributed by atoms with Gasteiger partial charge in [-0.05, 0) is 61.8 Å². The van der Waals surface area contributed by atoms with Gasteiger partial charge in [0.25, 0.3) is 0 Å². The number of nitrogens with one attached hydrogen (secondary N) is 1. The summed E-state index contributed by atoms with van der Waals surface area (Å²) in [5, 5.41) is 14.8. The fraction of sp³-hybridized carbons (Fsp3) is 0.348. The highest BCUT2D eigenvalue weighted by Crippen LogP contribution is 2.27. The Morgan fingerprint density at radius 2 is 2.10 bits per heavy atom. The van der Waals surface area contributed by atoms with E-state index in [2.05, 4.69) is 41.1 Å². The third-order valence-electron chi connectivity index (χ3n) is 5.69. The van der Waals surface area contributed by atoms with Crippen LogP contribution in [0.15, 0.2) is 41.0 Å². The second-order valence-corrected chi connectivity index (χ2v) is 8.00. The van der Waals surface area contributed by atoms with Crippen molar-refractivity contribution in [3.05, 3.63) is 59.0 Å². The summed E-state index contributed by atoms with van der Waals surface area (Å²) in [7, 11) is 0. The molecule has 30 heavy (non-hydrogen) atoms. The summed E-state index contributed by atoms with van der Waals surface area (Å²) in [5.74, 6) is 1.63. The molecular formula is C23H25N5OS. The van der Waals surface area contributed by atoms with Gasteiger partial charge in [0.05, 0.1) is 23.9 Å². The van der Waals surface area contributed by atoms with Gasteiger partial charge in [-0.25, -0.2) is 4.98 Å². The lowest BCUT2D eigenvalue weighted by Gasteiger charge is -2.25. The fourth-order valence-corrected chi connectivity index (χ4v) is 4.07. The number of benzene rings is 1. The van der Waals surface area contributed by atoms with Gasteiger partial charge in [0.15, 0.2) is 5.11 Å². The summed E-state index contributed by atoms with van der Waals surface area (Å²) in [6.45, 7) is 8.02. The topological polar surface area (TPSA) is 68.3 Å². The Morgan fingerprint density at radius 3 is 2.87 bits per heavy atom. The summed E-state index contributed by atoms with van der Waals surface area (Å²) >= 11 is 5.59. The Balaban J connectivity index is 1.51. The van der Waals surface area contributed by atoms with Crippen LogP contribution in [-0.2, 0) is 6.54 Å². The Labute approximate surface area is 182 Å². The van der Waals surface area contributed by atoms with Crippen molar-refractivity contribution in [3.8, 4) is 6.07 Å². The van der Waals surface area contributed by atoms with E-state index in [-0.39, 0.29) is 0 Å². The van der Waals surface area contributed by atoms with Gasteiger partial charge in [-0.1, -0.05) is 12.1 Å². The number of anilines is 1.